The van der Waals surface area contributed by atoms with E-state index < -0.39 is 17.8 Å². The molecular weight excluding hydrogens is 461 g/mol. The van der Waals surface area contributed by atoms with Crippen molar-refractivity contribution in [2.24, 2.45) is 7.05 Å². The summed E-state index contributed by atoms with van der Waals surface area (Å²) in [5, 5.41) is 2.80. The van der Waals surface area contributed by atoms with Gasteiger partial charge in [0.15, 0.2) is 0 Å². The van der Waals surface area contributed by atoms with E-state index in [0.29, 0.717) is 43.4 Å². The topological polar surface area (TPSA) is 75.4 Å². The van der Waals surface area contributed by atoms with Crippen LogP contribution in [0.1, 0.15) is 18.2 Å². The summed E-state index contributed by atoms with van der Waals surface area (Å²) in [5.74, 6) is 0.174. The molecule has 1 N–H and O–H groups in total. The molecule has 0 aliphatic carbocycles. The summed E-state index contributed by atoms with van der Waals surface area (Å²) in [6.07, 6.45) is -3.59. The van der Waals surface area contributed by atoms with Crippen molar-refractivity contribution in [2.75, 3.05) is 36.4 Å². The number of halogens is 3. The third-order valence-corrected chi connectivity index (χ3v) is 6.44. The number of carbonyl (C=O) groups excluding carboxylic acids is 1. The first-order valence-electron chi connectivity index (χ1n) is 11.2. The fourth-order valence-electron chi connectivity index (χ4n) is 4.18. The van der Waals surface area contributed by atoms with Crippen molar-refractivity contribution in [3.8, 4) is 5.69 Å². The molecule has 11 heteroatoms. The quantitative estimate of drug-likeness (QED) is 0.598. The van der Waals surface area contributed by atoms with Gasteiger partial charge in [0.2, 0.25) is 5.91 Å². The molecule has 2 aromatic heterocycles. The fourth-order valence-corrected chi connectivity index (χ4v) is 4.18. The minimum atomic E-state index is -4.42. The Morgan fingerprint density at radius 1 is 1.06 bits per heavy atom. The van der Waals surface area contributed by atoms with Crippen LogP contribution in [0.4, 0.5) is 24.7 Å². The monoisotopic (exact) mass is 488 g/mol. The lowest BCUT2D eigenvalue weighted by Crippen LogP contribution is -2.53. The van der Waals surface area contributed by atoms with Crippen LogP contribution < -0.4 is 15.8 Å². The number of para-hydroxylation sites is 1. The maximum absolute atomic E-state index is 13.1. The van der Waals surface area contributed by atoms with E-state index in [1.807, 2.05) is 40.1 Å². The van der Waals surface area contributed by atoms with Gasteiger partial charge >= 0.3 is 6.18 Å². The van der Waals surface area contributed by atoms with Crippen molar-refractivity contribution in [3.63, 3.8) is 0 Å². The molecule has 0 radical (unpaired) electrons. The lowest BCUT2D eigenvalue weighted by Gasteiger charge is -2.38. The van der Waals surface area contributed by atoms with E-state index >= 15 is 0 Å². The molecule has 0 saturated carbocycles. The van der Waals surface area contributed by atoms with Crippen LogP contribution in [-0.2, 0) is 18.0 Å². The third kappa shape index (κ3) is 4.95. The molecule has 186 valence electrons. The Morgan fingerprint density at radius 3 is 2.29 bits per heavy atom. The van der Waals surface area contributed by atoms with Crippen LogP contribution in [0.15, 0.2) is 53.5 Å². The molecule has 4 rings (SSSR count). The van der Waals surface area contributed by atoms with Crippen molar-refractivity contribution in [3.05, 3.63) is 70.3 Å². The number of carbonyl (C=O) groups is 1. The maximum Gasteiger partial charge on any atom is 0.417 e. The first-order chi connectivity index (χ1) is 16.6. The standard InChI is InChI=1S/C24H27F3N6O2/c1-16-21(23(35)33(30(16)3)19-7-5-4-6-8-19)29-22(34)17(2)31-11-13-32(14-12-31)20-10-9-18(15-28-20)24(25,26)27/h4-10,15,17H,11-14H2,1-3H3,(H,29,34)/t17-/m0/s1. The molecule has 35 heavy (non-hydrogen) atoms. The summed E-state index contributed by atoms with van der Waals surface area (Å²) < 4.78 is 41.5. The number of aromatic nitrogens is 3. The number of rotatable bonds is 5. The van der Waals surface area contributed by atoms with Crippen LogP contribution in [0.5, 0.6) is 0 Å². The number of piperazine rings is 1. The molecule has 8 nitrogen and oxygen atoms in total. The van der Waals surface area contributed by atoms with Gasteiger partial charge in [0, 0.05) is 39.4 Å². The molecular formula is C24H27F3N6O2. The highest BCUT2D eigenvalue weighted by atomic mass is 19.4. The average Bonchev–Trinajstić information content (AvgIpc) is 3.06. The van der Waals surface area contributed by atoms with Gasteiger partial charge in [-0.2, -0.15) is 13.2 Å². The zero-order chi connectivity index (χ0) is 25.3. The van der Waals surface area contributed by atoms with Crippen LogP contribution in [-0.4, -0.2) is 57.4 Å². The van der Waals surface area contributed by atoms with E-state index in [1.165, 1.54) is 10.7 Å². The number of amides is 1. The molecule has 1 aromatic carbocycles. The maximum atomic E-state index is 13.1. The number of alkyl halides is 3. The van der Waals surface area contributed by atoms with E-state index in [0.717, 1.165) is 12.3 Å². The van der Waals surface area contributed by atoms with Gasteiger partial charge in [-0.1, -0.05) is 18.2 Å². The average molecular weight is 489 g/mol. The van der Waals surface area contributed by atoms with Crippen LogP contribution in [0.2, 0.25) is 0 Å². The lowest BCUT2D eigenvalue weighted by atomic mass is 10.2. The highest BCUT2D eigenvalue weighted by Crippen LogP contribution is 2.29. The summed E-state index contributed by atoms with van der Waals surface area (Å²) in [4.78, 5) is 33.9. The molecule has 0 unspecified atom stereocenters. The molecule has 0 bridgehead atoms. The molecule has 1 aliphatic heterocycles. The van der Waals surface area contributed by atoms with Gasteiger partial charge in [-0.05, 0) is 38.1 Å². The van der Waals surface area contributed by atoms with E-state index in [-0.39, 0.29) is 17.2 Å². The van der Waals surface area contributed by atoms with Crippen molar-refractivity contribution >= 4 is 17.4 Å². The minimum absolute atomic E-state index is 0.237. The van der Waals surface area contributed by atoms with Crippen LogP contribution in [0.3, 0.4) is 0 Å². The fraction of sp³-hybridized carbons (Fsp3) is 0.375. The molecule has 3 aromatic rings. The second-order valence-electron chi connectivity index (χ2n) is 8.53. The zero-order valence-corrected chi connectivity index (χ0v) is 19.7. The normalized spacial score (nSPS) is 15.8. The van der Waals surface area contributed by atoms with Gasteiger partial charge in [-0.15, -0.1) is 0 Å². The summed E-state index contributed by atoms with van der Waals surface area (Å²) in [7, 11) is 1.76. The molecule has 0 spiro atoms. The molecule has 1 saturated heterocycles. The summed E-state index contributed by atoms with van der Waals surface area (Å²) in [6, 6.07) is 11.1. The highest BCUT2D eigenvalue weighted by Gasteiger charge is 2.32. The van der Waals surface area contributed by atoms with Gasteiger partial charge in [-0.25, -0.2) is 9.67 Å². The Morgan fingerprint density at radius 2 is 1.71 bits per heavy atom. The van der Waals surface area contributed by atoms with Crippen LogP contribution in [0, 0.1) is 6.92 Å². The summed E-state index contributed by atoms with van der Waals surface area (Å²) in [6.45, 7) is 5.63. The Hall–Kier alpha value is -3.60. The number of benzene rings is 1. The van der Waals surface area contributed by atoms with Crippen molar-refractivity contribution in [1.29, 1.82) is 0 Å². The zero-order valence-electron chi connectivity index (χ0n) is 19.7. The van der Waals surface area contributed by atoms with Crippen molar-refractivity contribution in [1.82, 2.24) is 19.2 Å². The number of hydrogen-bond donors (Lipinski definition) is 1. The first kappa shape index (κ1) is 24.5. The van der Waals surface area contributed by atoms with Crippen molar-refractivity contribution < 1.29 is 18.0 Å². The van der Waals surface area contributed by atoms with E-state index in [1.54, 1.807) is 25.6 Å². The number of pyridine rings is 1. The van der Waals surface area contributed by atoms with Gasteiger partial charge in [0.1, 0.15) is 11.5 Å². The summed E-state index contributed by atoms with van der Waals surface area (Å²) in [5.41, 5.74) is 0.477. The van der Waals surface area contributed by atoms with Gasteiger partial charge < -0.3 is 10.2 Å². The van der Waals surface area contributed by atoms with Crippen LogP contribution in [0.25, 0.3) is 5.69 Å². The smallest absolute Gasteiger partial charge is 0.354 e. The molecule has 1 amide bonds. The Balaban J connectivity index is 1.40. The molecule has 1 aliphatic rings. The van der Waals surface area contributed by atoms with E-state index in [2.05, 4.69) is 10.3 Å². The highest BCUT2D eigenvalue weighted by molar-refractivity contribution is 5.95. The second kappa shape index (κ2) is 9.57. The van der Waals surface area contributed by atoms with Crippen LogP contribution >= 0.6 is 0 Å². The van der Waals surface area contributed by atoms with E-state index in [9.17, 15) is 22.8 Å². The van der Waals surface area contributed by atoms with Crippen molar-refractivity contribution in [2.45, 2.75) is 26.1 Å². The number of anilines is 2. The van der Waals surface area contributed by atoms with E-state index in [4.69, 9.17) is 0 Å². The second-order valence-corrected chi connectivity index (χ2v) is 8.53. The van der Waals surface area contributed by atoms with Gasteiger partial charge in [-0.3, -0.25) is 19.2 Å². The molecule has 3 heterocycles. The molecule has 1 atom stereocenters. The predicted molar refractivity (Wildman–Crippen MR) is 127 cm³/mol. The minimum Gasteiger partial charge on any atom is -0.354 e. The number of nitrogens with zero attached hydrogens (tertiary/aromatic N) is 5. The third-order valence-electron chi connectivity index (χ3n) is 6.44. The Labute approximate surface area is 200 Å². The Bertz CT molecular complexity index is 1240. The molecule has 1 fully saturated rings. The lowest BCUT2D eigenvalue weighted by molar-refractivity contribution is -0.137. The summed E-state index contributed by atoms with van der Waals surface area (Å²) >= 11 is 0. The van der Waals surface area contributed by atoms with Gasteiger partial charge in [0.05, 0.1) is 23.0 Å². The predicted octanol–water partition coefficient (Wildman–Crippen LogP) is 3.05. The SMILES string of the molecule is Cc1c(NC(=O)[C@H](C)N2CCN(c3ccc(C(F)(F)F)cn3)CC2)c(=O)n(-c2ccccc2)n1C. The van der Waals surface area contributed by atoms with Gasteiger partial charge in [0.25, 0.3) is 5.56 Å². The number of nitrogens with one attached hydrogen (secondary N) is 1. The first-order valence-corrected chi connectivity index (χ1v) is 11.2. The largest absolute Gasteiger partial charge is 0.417 e. The number of hydrogen-bond acceptors (Lipinski definition) is 5. The Kier molecular flexibility index (Phi) is 6.70.